The first kappa shape index (κ1) is 10.8. The van der Waals surface area contributed by atoms with Gasteiger partial charge in [0.2, 0.25) is 0 Å². The monoisotopic (exact) mass is 192 g/mol. The average Bonchev–Trinajstić information content (AvgIpc) is 2.53. The topological polar surface area (TPSA) is 37.3 Å². The predicted octanol–water partition coefficient (Wildman–Crippen LogP) is 2.77. The van der Waals surface area contributed by atoms with Crippen LogP contribution in [-0.2, 0) is 4.79 Å². The second-order valence-electron chi connectivity index (χ2n) is 3.60. The maximum absolute atomic E-state index is 10.6. The first-order valence-corrected chi connectivity index (χ1v) is 4.97. The molecule has 2 heteroatoms. The summed E-state index contributed by atoms with van der Waals surface area (Å²) in [5.74, 6) is 1.16. The highest BCUT2D eigenvalue weighted by molar-refractivity contribution is 5.82. The Morgan fingerprint density at radius 1 is 1.29 bits per heavy atom. The summed E-state index contributed by atoms with van der Waals surface area (Å²) in [6.07, 6.45) is 3.08. The van der Waals surface area contributed by atoms with E-state index in [1.54, 1.807) is 24.3 Å². The fraction of sp³-hybridized carbons (Fsp3) is 0.417. The minimum Gasteiger partial charge on any atom is -0.508 e. The van der Waals surface area contributed by atoms with Crippen LogP contribution in [0.15, 0.2) is 30.3 Å². The maximum atomic E-state index is 10.6. The summed E-state index contributed by atoms with van der Waals surface area (Å²) in [5.41, 5.74) is 0. The molecule has 76 valence electrons. The Kier molecular flexibility index (Phi) is 4.17. The number of phenols is 1. The molecule has 2 rings (SSSR count). The molecule has 0 aromatic heterocycles. The molecule has 0 saturated heterocycles. The number of aromatic hydroxyl groups is 1. The lowest BCUT2D eigenvalue weighted by Gasteiger charge is -1.91. The van der Waals surface area contributed by atoms with Gasteiger partial charge in [0.15, 0.2) is 0 Å². The van der Waals surface area contributed by atoms with E-state index in [1.165, 1.54) is 0 Å². The second kappa shape index (κ2) is 5.43. The number of ketones is 1. The molecule has 1 N–H and O–H groups in total. The molecule has 0 amide bonds. The molecule has 0 heterocycles. The van der Waals surface area contributed by atoms with Crippen LogP contribution in [0.4, 0.5) is 0 Å². The molecule has 1 saturated carbocycles. The van der Waals surface area contributed by atoms with E-state index in [4.69, 9.17) is 5.11 Å². The predicted molar refractivity (Wildman–Crippen MR) is 56.1 cm³/mol. The molecule has 1 fully saturated rings. The molecular weight excluding hydrogens is 176 g/mol. The zero-order chi connectivity index (χ0) is 10.4. The average molecular weight is 192 g/mol. The lowest BCUT2D eigenvalue weighted by molar-refractivity contribution is -0.120. The molecule has 1 unspecified atom stereocenters. The molecule has 1 atom stereocenters. The Balaban J connectivity index is 0.000000140. The van der Waals surface area contributed by atoms with Gasteiger partial charge >= 0.3 is 0 Å². The molecule has 1 aliphatic rings. The normalized spacial score (nSPS) is 20.1. The van der Waals surface area contributed by atoms with Crippen molar-refractivity contribution in [1.29, 1.82) is 0 Å². The summed E-state index contributed by atoms with van der Waals surface area (Å²) in [6, 6.07) is 8.71. The highest BCUT2D eigenvalue weighted by Crippen LogP contribution is 2.19. The van der Waals surface area contributed by atoms with Gasteiger partial charge in [-0.3, -0.25) is 4.79 Å². The van der Waals surface area contributed by atoms with E-state index < -0.39 is 0 Å². The van der Waals surface area contributed by atoms with Gasteiger partial charge in [-0.15, -0.1) is 0 Å². The standard InChI is InChI=1S/C6H10O.C6H6O/c1-5-3-2-4-6(5)7;7-6-4-2-1-3-5-6/h5H,2-4H2,1H3;1-5,7H. The van der Waals surface area contributed by atoms with Gasteiger partial charge in [0.1, 0.15) is 11.5 Å². The summed E-state index contributed by atoms with van der Waals surface area (Å²) in [5, 5.41) is 8.63. The van der Waals surface area contributed by atoms with Crippen LogP contribution in [-0.4, -0.2) is 10.9 Å². The third kappa shape index (κ3) is 3.60. The quantitative estimate of drug-likeness (QED) is 0.686. The van der Waals surface area contributed by atoms with Crippen LogP contribution < -0.4 is 0 Å². The maximum Gasteiger partial charge on any atom is 0.135 e. The van der Waals surface area contributed by atoms with Crippen LogP contribution in [0.5, 0.6) is 5.75 Å². The minimum absolute atomic E-state index is 0.322. The van der Waals surface area contributed by atoms with E-state index >= 15 is 0 Å². The van der Waals surface area contributed by atoms with Crippen molar-refractivity contribution in [1.82, 2.24) is 0 Å². The van der Waals surface area contributed by atoms with Crippen molar-refractivity contribution in [2.45, 2.75) is 26.2 Å². The van der Waals surface area contributed by atoms with Gasteiger partial charge in [-0.25, -0.2) is 0 Å². The van der Waals surface area contributed by atoms with Gasteiger partial charge in [-0.1, -0.05) is 25.1 Å². The Labute approximate surface area is 84.6 Å². The van der Waals surface area contributed by atoms with E-state index in [-0.39, 0.29) is 0 Å². The van der Waals surface area contributed by atoms with Crippen molar-refractivity contribution in [2.75, 3.05) is 0 Å². The molecule has 0 radical (unpaired) electrons. The Hall–Kier alpha value is -1.31. The van der Waals surface area contributed by atoms with E-state index in [2.05, 4.69) is 0 Å². The number of hydrogen-bond acceptors (Lipinski definition) is 2. The smallest absolute Gasteiger partial charge is 0.135 e. The van der Waals surface area contributed by atoms with Gasteiger partial charge < -0.3 is 5.11 Å². The number of carbonyl (C=O) groups excluding carboxylic acids is 1. The summed E-state index contributed by atoms with van der Waals surface area (Å²) in [7, 11) is 0. The molecule has 0 spiro atoms. The Morgan fingerprint density at radius 3 is 2.14 bits per heavy atom. The fourth-order valence-electron chi connectivity index (χ4n) is 1.42. The number of phenolic OH excluding ortho intramolecular Hbond substituents is 1. The van der Waals surface area contributed by atoms with Gasteiger partial charge in [0.05, 0.1) is 0 Å². The summed E-state index contributed by atoms with van der Waals surface area (Å²) >= 11 is 0. The Morgan fingerprint density at radius 2 is 1.93 bits per heavy atom. The summed E-state index contributed by atoms with van der Waals surface area (Å²) < 4.78 is 0. The number of benzene rings is 1. The van der Waals surface area contributed by atoms with Gasteiger partial charge in [-0.05, 0) is 25.0 Å². The minimum atomic E-state index is 0.322. The molecule has 0 aliphatic heterocycles. The summed E-state index contributed by atoms with van der Waals surface area (Å²) in [6.45, 7) is 2.01. The second-order valence-corrected chi connectivity index (χ2v) is 3.60. The molecular formula is C12H16O2. The van der Waals surface area contributed by atoms with Crippen molar-refractivity contribution < 1.29 is 9.90 Å². The van der Waals surface area contributed by atoms with Crippen LogP contribution in [0.25, 0.3) is 0 Å². The first-order chi connectivity index (χ1) is 6.70. The largest absolute Gasteiger partial charge is 0.508 e. The highest BCUT2D eigenvalue weighted by Gasteiger charge is 2.18. The van der Waals surface area contributed by atoms with Crippen molar-refractivity contribution in [3.05, 3.63) is 30.3 Å². The molecule has 1 aliphatic carbocycles. The van der Waals surface area contributed by atoms with Crippen molar-refractivity contribution in [2.24, 2.45) is 5.92 Å². The first-order valence-electron chi connectivity index (χ1n) is 4.97. The lowest BCUT2D eigenvalue weighted by Crippen LogP contribution is -1.98. The van der Waals surface area contributed by atoms with Crippen LogP contribution in [0.3, 0.4) is 0 Å². The number of carbonyl (C=O) groups is 1. The summed E-state index contributed by atoms with van der Waals surface area (Å²) in [4.78, 5) is 10.6. The van der Waals surface area contributed by atoms with Gasteiger partial charge in [0.25, 0.3) is 0 Å². The number of rotatable bonds is 0. The number of Topliss-reactive ketones (excluding diaryl/α,β-unsaturated/α-hetero) is 1. The van der Waals surface area contributed by atoms with Crippen LogP contribution in [0, 0.1) is 5.92 Å². The molecule has 1 aromatic rings. The lowest BCUT2D eigenvalue weighted by atomic mass is 10.1. The highest BCUT2D eigenvalue weighted by atomic mass is 16.3. The van der Waals surface area contributed by atoms with E-state index in [9.17, 15) is 4.79 Å². The van der Waals surface area contributed by atoms with E-state index in [1.807, 2.05) is 13.0 Å². The molecule has 0 bridgehead atoms. The van der Waals surface area contributed by atoms with Gasteiger partial charge in [0, 0.05) is 12.3 Å². The zero-order valence-corrected chi connectivity index (χ0v) is 8.44. The van der Waals surface area contributed by atoms with Crippen LogP contribution >= 0.6 is 0 Å². The molecule has 2 nitrogen and oxygen atoms in total. The van der Waals surface area contributed by atoms with E-state index in [0.29, 0.717) is 17.5 Å². The number of hydrogen-bond donors (Lipinski definition) is 1. The van der Waals surface area contributed by atoms with Crippen molar-refractivity contribution in [3.8, 4) is 5.75 Å². The van der Waals surface area contributed by atoms with Crippen LogP contribution in [0.2, 0.25) is 0 Å². The third-order valence-electron chi connectivity index (χ3n) is 2.37. The van der Waals surface area contributed by atoms with E-state index in [0.717, 1.165) is 19.3 Å². The number of para-hydroxylation sites is 1. The van der Waals surface area contributed by atoms with Crippen LogP contribution in [0.1, 0.15) is 26.2 Å². The van der Waals surface area contributed by atoms with Crippen molar-refractivity contribution >= 4 is 5.78 Å². The Bertz CT molecular complexity index is 280. The zero-order valence-electron chi connectivity index (χ0n) is 8.44. The molecule has 14 heavy (non-hydrogen) atoms. The fourth-order valence-corrected chi connectivity index (χ4v) is 1.42. The van der Waals surface area contributed by atoms with Crippen molar-refractivity contribution in [3.63, 3.8) is 0 Å². The SMILES string of the molecule is CC1CCCC1=O.Oc1ccccc1. The third-order valence-corrected chi connectivity index (χ3v) is 2.37. The van der Waals surface area contributed by atoms with Gasteiger partial charge in [-0.2, -0.15) is 0 Å². The molecule has 1 aromatic carbocycles.